The van der Waals surface area contributed by atoms with Crippen LogP contribution in [0.2, 0.25) is 0 Å². The Morgan fingerprint density at radius 2 is 1.70 bits per heavy atom. The molecule has 9 heteroatoms. The minimum atomic E-state index is -0.833. The van der Waals surface area contributed by atoms with Crippen LogP contribution in [0.15, 0.2) is 66.4 Å². The average Bonchev–Trinajstić information content (AvgIpc) is 3.02. The van der Waals surface area contributed by atoms with Crippen LogP contribution in [0, 0.1) is 5.82 Å². The van der Waals surface area contributed by atoms with Gasteiger partial charge in [-0.3, -0.25) is 4.79 Å². The summed E-state index contributed by atoms with van der Waals surface area (Å²) in [5, 5.41) is 10.6. The normalized spacial score (nSPS) is 14.7. The van der Waals surface area contributed by atoms with Gasteiger partial charge in [0.1, 0.15) is 5.82 Å². The molecular weight excluding hydrogens is 398 g/mol. The zero-order valence-corrected chi connectivity index (χ0v) is 18.4. The number of hydrogen-bond donors (Lipinski definition) is 4. The number of carboxylic acid groups (broad SMARTS) is 1. The number of hydrogen-bond acceptors (Lipinski definition) is 5. The van der Waals surface area contributed by atoms with Gasteiger partial charge >= 0.3 is 134 Å². The summed E-state index contributed by atoms with van der Waals surface area (Å²) < 4.78 is 14.6. The minimum absolute atomic E-state index is 0.240. The van der Waals surface area contributed by atoms with E-state index in [-0.39, 0.29) is 11.7 Å². The maximum atomic E-state index is 13.3. The molecule has 0 aromatic heterocycles. The molecule has 0 atom stereocenters. The van der Waals surface area contributed by atoms with Crippen LogP contribution in [-0.2, 0) is 9.59 Å². The number of anilines is 1. The van der Waals surface area contributed by atoms with Crippen molar-refractivity contribution in [1.82, 2.24) is 16.1 Å². The third kappa shape index (κ3) is 6.04. The Labute approximate surface area is 189 Å². The Morgan fingerprint density at radius 3 is 2.40 bits per heavy atom. The number of benzene rings is 3. The fraction of sp³-hybridized carbons (Fsp3) is 0.0476. The fourth-order valence-corrected chi connectivity index (χ4v) is 3.10. The molecule has 30 heavy (non-hydrogen) atoms. The van der Waals surface area contributed by atoms with Gasteiger partial charge in [-0.05, 0) is 17.5 Å². The van der Waals surface area contributed by atoms with Crippen LogP contribution >= 0.6 is 0 Å². The van der Waals surface area contributed by atoms with E-state index in [1.54, 1.807) is 12.1 Å². The van der Waals surface area contributed by atoms with Crippen LogP contribution in [-0.4, -0.2) is 50.1 Å². The second-order valence-electron chi connectivity index (χ2n) is 6.69. The summed E-state index contributed by atoms with van der Waals surface area (Å²) in [6.07, 6.45) is 1.75. The first-order chi connectivity index (χ1) is 14.3. The van der Waals surface area contributed by atoms with E-state index in [9.17, 15) is 9.18 Å². The summed E-state index contributed by atoms with van der Waals surface area (Å²) in [7, 11) is 0. The Hall–Kier alpha value is -2.91. The van der Waals surface area contributed by atoms with E-state index in [4.69, 9.17) is 9.90 Å². The van der Waals surface area contributed by atoms with E-state index in [2.05, 4.69) is 16.3 Å². The third-order valence-electron chi connectivity index (χ3n) is 4.12. The average molecular weight is 416 g/mol. The zero-order valence-electron chi connectivity index (χ0n) is 16.4. The van der Waals surface area contributed by atoms with Crippen molar-refractivity contribution in [2.45, 2.75) is 6.92 Å². The first-order valence-electron chi connectivity index (χ1n) is 9.12. The van der Waals surface area contributed by atoms with Crippen LogP contribution in [0.3, 0.4) is 0 Å². The number of aliphatic carboxylic acids is 1. The fourth-order valence-electron chi connectivity index (χ4n) is 2.76. The van der Waals surface area contributed by atoms with Crippen LogP contribution in [0.4, 0.5) is 10.1 Å². The monoisotopic (exact) mass is 416 g/mol. The van der Waals surface area contributed by atoms with Crippen molar-refractivity contribution in [3.63, 3.8) is 0 Å². The Balaban J connectivity index is 0.000000589. The van der Waals surface area contributed by atoms with E-state index in [1.807, 2.05) is 42.5 Å². The molecule has 7 nitrogen and oxygen atoms in total. The van der Waals surface area contributed by atoms with Gasteiger partial charge in [0.2, 0.25) is 0 Å². The molecular formula is C21H18FN4NaO3. The van der Waals surface area contributed by atoms with Crippen LogP contribution < -0.4 is 19.1 Å². The second kappa shape index (κ2) is 9.73. The van der Waals surface area contributed by atoms with Crippen LogP contribution in [0.25, 0.3) is 16.8 Å². The second-order valence-corrected chi connectivity index (χ2v) is 7.85. The van der Waals surface area contributed by atoms with Crippen LogP contribution in [0.5, 0.6) is 0 Å². The summed E-state index contributed by atoms with van der Waals surface area (Å²) in [4.78, 5) is 21.2. The molecule has 0 radical (unpaired) electrons. The van der Waals surface area contributed by atoms with Gasteiger partial charge in [-0.2, -0.15) is 0 Å². The molecule has 3 aromatic carbocycles. The van der Waals surface area contributed by atoms with Crippen molar-refractivity contribution in [3.8, 4) is 0 Å². The predicted molar refractivity (Wildman–Crippen MR) is 114 cm³/mol. The number of fused-ring (bicyclic) bond motifs is 1. The molecule has 1 heterocycles. The molecule has 1 aliphatic heterocycles. The molecule has 3 aromatic rings. The molecule has 1 saturated heterocycles. The van der Waals surface area contributed by atoms with E-state index in [1.165, 1.54) is 20.2 Å². The van der Waals surface area contributed by atoms with Gasteiger partial charge in [0.15, 0.2) is 0 Å². The van der Waals surface area contributed by atoms with Gasteiger partial charge in [-0.25, -0.2) is 4.39 Å². The van der Waals surface area contributed by atoms with Crippen molar-refractivity contribution in [1.29, 1.82) is 0 Å². The van der Waals surface area contributed by atoms with Crippen molar-refractivity contribution < 1.29 is 19.1 Å². The molecule has 4 rings (SSSR count). The Bertz CT molecular complexity index is 1110. The molecule has 0 bridgehead atoms. The Kier molecular flexibility index (Phi) is 7.07. The molecule has 0 spiro atoms. The number of rotatable bonds is 3. The molecule has 148 valence electrons. The van der Waals surface area contributed by atoms with Crippen molar-refractivity contribution in [3.05, 3.63) is 77.7 Å². The molecule has 1 amide bonds. The molecule has 1 aliphatic rings. The Morgan fingerprint density at radius 1 is 1.07 bits per heavy atom. The first kappa shape index (κ1) is 21.8. The molecule has 0 aliphatic carbocycles. The third-order valence-corrected chi connectivity index (χ3v) is 4.79. The van der Waals surface area contributed by atoms with Gasteiger partial charge < -0.3 is 5.11 Å². The van der Waals surface area contributed by atoms with E-state index >= 15 is 0 Å². The number of carboxylic acids is 1. The quantitative estimate of drug-likeness (QED) is 0.386. The number of nitrogens with one attached hydrogen (secondary N) is 3. The van der Waals surface area contributed by atoms with Gasteiger partial charge in [0, 0.05) is 6.92 Å². The summed E-state index contributed by atoms with van der Waals surface area (Å²) in [5.41, 5.74) is 10.9. The predicted octanol–water partition coefficient (Wildman–Crippen LogP) is 2.08. The summed E-state index contributed by atoms with van der Waals surface area (Å²) in [5.74, 6) is -1.34. The van der Waals surface area contributed by atoms with Crippen molar-refractivity contribution in [2.75, 3.05) is 5.43 Å². The van der Waals surface area contributed by atoms with Crippen molar-refractivity contribution in [2.24, 2.45) is 0 Å². The van der Waals surface area contributed by atoms with Gasteiger partial charge in [0.05, 0.1) is 0 Å². The summed E-state index contributed by atoms with van der Waals surface area (Å²) >= 11 is 1.00. The SMILES string of the molecule is CC(=O)O.O=C1NN(Nc2cc[c]([Na])cc2)NC1=Cc1ccc2cc(F)ccc2c1. The molecule has 0 unspecified atom stereocenters. The number of halogens is 1. The maximum absolute atomic E-state index is 13.3. The van der Waals surface area contributed by atoms with E-state index < -0.39 is 5.97 Å². The zero-order chi connectivity index (χ0) is 21.7. The molecule has 0 saturated carbocycles. The number of amides is 1. The number of carbonyl (C=O) groups is 2. The van der Waals surface area contributed by atoms with E-state index in [0.717, 1.165) is 56.9 Å². The first-order valence-corrected chi connectivity index (χ1v) is 10.1. The number of hydrazine groups is 3. The molecule has 1 fully saturated rings. The number of carbonyl (C=O) groups excluding carboxylic acids is 1. The van der Waals surface area contributed by atoms with Gasteiger partial charge in [0.25, 0.3) is 5.97 Å². The number of nitrogens with zero attached hydrogens (tertiary/aromatic N) is 1. The summed E-state index contributed by atoms with van der Waals surface area (Å²) in [6.45, 7) is 1.08. The van der Waals surface area contributed by atoms with E-state index in [0.29, 0.717) is 5.70 Å². The standard InChI is InChI=1S/C19H14FN4O.C2H4O2.Na/c20-16-9-8-14-10-13(6-7-15(14)12-16)11-18-19(25)23-24(22-18)21-17-4-2-1-3-5-17;1-2(3)4;/h2-12,21-22H,(H,23,25);1H3,(H,3,4);. The van der Waals surface area contributed by atoms with Crippen molar-refractivity contribution >= 4 is 65.2 Å². The van der Waals surface area contributed by atoms with Gasteiger partial charge in [-0.15, -0.1) is 0 Å². The summed E-state index contributed by atoms with van der Waals surface area (Å²) in [6, 6.07) is 18.2. The van der Waals surface area contributed by atoms with Gasteiger partial charge in [-0.1, -0.05) is 6.07 Å². The van der Waals surface area contributed by atoms with Crippen LogP contribution in [0.1, 0.15) is 12.5 Å². The topological polar surface area (TPSA) is 93.7 Å². The molecule has 4 N–H and O–H groups in total.